The van der Waals surface area contributed by atoms with E-state index in [1.165, 1.54) is 23.8 Å². The molecule has 1 aliphatic heterocycles. The van der Waals surface area contributed by atoms with Crippen molar-refractivity contribution in [2.75, 3.05) is 26.2 Å². The van der Waals surface area contributed by atoms with Crippen LogP contribution >= 0.6 is 15.9 Å². The van der Waals surface area contributed by atoms with Crippen LogP contribution in [0.4, 0.5) is 4.79 Å². The number of pyridine rings is 1. The Hall–Kier alpha value is -4.49. The second-order valence-electron chi connectivity index (χ2n) is 11.4. The number of nitrogens with zero attached hydrogens (tertiary/aromatic N) is 3. The molecule has 2 aromatic heterocycles. The molecule has 3 heterocycles. The molecule has 0 spiro atoms. The molecule has 46 heavy (non-hydrogen) atoms. The van der Waals surface area contributed by atoms with Gasteiger partial charge in [-0.1, -0.05) is 58.5 Å². The van der Waals surface area contributed by atoms with E-state index < -0.39 is 6.09 Å². The van der Waals surface area contributed by atoms with Crippen LogP contribution in [0.25, 0.3) is 33.1 Å². The number of nitrogens with one attached hydrogen (secondary N) is 1. The summed E-state index contributed by atoms with van der Waals surface area (Å²) in [6, 6.07) is 21.1. The number of ether oxygens (including phenoxy) is 1. The van der Waals surface area contributed by atoms with Gasteiger partial charge in [-0.05, 0) is 86.4 Å². The highest BCUT2D eigenvalue weighted by molar-refractivity contribution is 9.10. The van der Waals surface area contributed by atoms with Crippen LogP contribution in [0, 0.1) is 11.8 Å². The molecule has 3 N–H and O–H groups in total. The zero-order valence-electron chi connectivity index (χ0n) is 25.8. The van der Waals surface area contributed by atoms with Crippen molar-refractivity contribution in [2.24, 2.45) is 5.73 Å². The van der Waals surface area contributed by atoms with Crippen LogP contribution in [-0.2, 0) is 17.8 Å². The van der Waals surface area contributed by atoms with Gasteiger partial charge in [0.05, 0.1) is 35.4 Å². The average Bonchev–Trinajstić information content (AvgIpc) is 3.46. The molecule has 1 fully saturated rings. The van der Waals surface area contributed by atoms with Gasteiger partial charge in [-0.25, -0.2) is 9.78 Å². The number of piperidine rings is 1. The summed E-state index contributed by atoms with van der Waals surface area (Å²) in [7, 11) is 0. The molecule has 5 aromatic rings. The fourth-order valence-corrected chi connectivity index (χ4v) is 6.18. The number of rotatable bonds is 7. The van der Waals surface area contributed by atoms with E-state index in [0.29, 0.717) is 46.3 Å². The highest BCUT2D eigenvalue weighted by Gasteiger charge is 2.20. The number of halogens is 1. The molecular weight excluding hydrogens is 642 g/mol. The predicted molar refractivity (Wildman–Crippen MR) is 185 cm³/mol. The Morgan fingerprint density at radius 3 is 2.52 bits per heavy atom. The Morgan fingerprint density at radius 2 is 1.76 bits per heavy atom. The summed E-state index contributed by atoms with van der Waals surface area (Å²) in [5.41, 5.74) is 11.7. The zero-order valence-corrected chi connectivity index (χ0v) is 27.4. The molecule has 9 heteroatoms. The number of aromatic nitrogens is 2. The molecule has 1 amide bonds. The lowest BCUT2D eigenvalue weighted by Gasteiger charge is -2.23. The highest BCUT2D eigenvalue weighted by atomic mass is 79.9. The first-order chi connectivity index (χ1) is 22.4. The molecule has 0 unspecified atom stereocenters. The minimum absolute atomic E-state index is 0.231. The SMILES string of the molecule is CCOC(=O)n1cc(-c2cc(C(=O)NCc3ccc(CN)cc3)c3cc(C#CCN4CCCCC4)ccc3n2)c2cc(Br)ccc21. The molecular formula is C37H36BrN5O3. The van der Waals surface area contributed by atoms with Gasteiger partial charge in [0.15, 0.2) is 0 Å². The smallest absolute Gasteiger partial charge is 0.418 e. The third-order valence-electron chi connectivity index (χ3n) is 8.26. The molecule has 0 saturated carbocycles. The minimum Gasteiger partial charge on any atom is -0.449 e. The molecule has 6 rings (SSSR count). The van der Waals surface area contributed by atoms with Gasteiger partial charge < -0.3 is 15.8 Å². The van der Waals surface area contributed by atoms with E-state index in [1.807, 2.05) is 60.7 Å². The van der Waals surface area contributed by atoms with Crippen molar-refractivity contribution < 1.29 is 14.3 Å². The van der Waals surface area contributed by atoms with Crippen LogP contribution in [0.1, 0.15) is 53.2 Å². The Kier molecular flexibility index (Phi) is 9.79. The normalized spacial score (nSPS) is 13.4. The lowest BCUT2D eigenvalue weighted by molar-refractivity contribution is 0.0952. The summed E-state index contributed by atoms with van der Waals surface area (Å²) < 4.78 is 7.67. The number of benzene rings is 3. The maximum absolute atomic E-state index is 13.9. The van der Waals surface area contributed by atoms with Crippen LogP contribution < -0.4 is 11.1 Å². The summed E-state index contributed by atoms with van der Waals surface area (Å²) in [5, 5.41) is 4.60. The number of likely N-dealkylation sites (tertiary alicyclic amines) is 1. The van der Waals surface area contributed by atoms with Crippen LogP contribution in [-0.4, -0.2) is 52.7 Å². The van der Waals surface area contributed by atoms with E-state index in [2.05, 4.69) is 38.0 Å². The van der Waals surface area contributed by atoms with Crippen molar-refractivity contribution in [2.45, 2.75) is 39.3 Å². The topological polar surface area (TPSA) is 102 Å². The molecule has 8 nitrogen and oxygen atoms in total. The zero-order chi connectivity index (χ0) is 32.0. The quantitative estimate of drug-likeness (QED) is 0.183. The molecule has 0 aliphatic carbocycles. The predicted octanol–water partition coefficient (Wildman–Crippen LogP) is 6.85. The van der Waals surface area contributed by atoms with E-state index in [0.717, 1.165) is 46.2 Å². The van der Waals surface area contributed by atoms with Crippen molar-refractivity contribution in [1.29, 1.82) is 0 Å². The van der Waals surface area contributed by atoms with E-state index in [4.69, 9.17) is 15.5 Å². The van der Waals surface area contributed by atoms with Gasteiger partial charge in [0, 0.05) is 45.7 Å². The third kappa shape index (κ3) is 7.00. The number of carbonyl (C=O) groups is 2. The first kappa shape index (κ1) is 31.5. The van der Waals surface area contributed by atoms with Gasteiger partial charge in [0.25, 0.3) is 5.91 Å². The van der Waals surface area contributed by atoms with E-state index >= 15 is 0 Å². The summed E-state index contributed by atoms with van der Waals surface area (Å²) in [6.45, 7) is 5.74. The first-order valence-corrected chi connectivity index (χ1v) is 16.4. The molecule has 0 bridgehead atoms. The molecule has 1 aliphatic rings. The fourth-order valence-electron chi connectivity index (χ4n) is 5.82. The lowest BCUT2D eigenvalue weighted by Crippen LogP contribution is -2.29. The van der Waals surface area contributed by atoms with Gasteiger partial charge in [0.1, 0.15) is 0 Å². The highest BCUT2D eigenvalue weighted by Crippen LogP contribution is 2.34. The van der Waals surface area contributed by atoms with Gasteiger partial charge in [-0.3, -0.25) is 14.3 Å². The second-order valence-corrected chi connectivity index (χ2v) is 12.3. The number of fused-ring (bicyclic) bond motifs is 2. The van der Waals surface area contributed by atoms with Crippen molar-refractivity contribution in [3.8, 4) is 23.1 Å². The first-order valence-electron chi connectivity index (χ1n) is 15.6. The summed E-state index contributed by atoms with van der Waals surface area (Å²) in [5.74, 6) is 6.39. The molecule has 0 radical (unpaired) electrons. The maximum atomic E-state index is 13.9. The second kappa shape index (κ2) is 14.3. The monoisotopic (exact) mass is 677 g/mol. The average molecular weight is 679 g/mol. The van der Waals surface area contributed by atoms with Crippen molar-refractivity contribution >= 4 is 49.7 Å². The number of carbonyl (C=O) groups excluding carboxylic acids is 2. The Bertz CT molecular complexity index is 1970. The number of hydrogen-bond donors (Lipinski definition) is 2. The fraction of sp³-hybridized carbons (Fsp3) is 0.270. The lowest BCUT2D eigenvalue weighted by atomic mass is 10.0. The Morgan fingerprint density at radius 1 is 0.978 bits per heavy atom. The Labute approximate surface area is 277 Å². The Balaban J connectivity index is 1.41. The third-order valence-corrected chi connectivity index (χ3v) is 8.75. The molecule has 3 aromatic carbocycles. The van der Waals surface area contributed by atoms with Crippen molar-refractivity contribution in [1.82, 2.24) is 19.8 Å². The van der Waals surface area contributed by atoms with Gasteiger partial charge >= 0.3 is 6.09 Å². The summed E-state index contributed by atoms with van der Waals surface area (Å²) in [4.78, 5) is 34.2. The van der Waals surface area contributed by atoms with E-state index in [9.17, 15) is 9.59 Å². The molecule has 1 saturated heterocycles. The van der Waals surface area contributed by atoms with E-state index in [1.54, 1.807) is 19.2 Å². The summed E-state index contributed by atoms with van der Waals surface area (Å²) in [6.07, 6.45) is 4.97. The van der Waals surface area contributed by atoms with Crippen LogP contribution in [0.2, 0.25) is 0 Å². The van der Waals surface area contributed by atoms with Crippen molar-refractivity contribution in [3.05, 3.63) is 99.7 Å². The van der Waals surface area contributed by atoms with Crippen molar-refractivity contribution in [3.63, 3.8) is 0 Å². The number of hydrogen-bond acceptors (Lipinski definition) is 6. The maximum Gasteiger partial charge on any atom is 0.418 e. The number of nitrogens with two attached hydrogens (primary N) is 1. The molecule has 0 atom stereocenters. The number of amides is 1. The van der Waals surface area contributed by atoms with E-state index in [-0.39, 0.29) is 12.5 Å². The van der Waals surface area contributed by atoms with Gasteiger partial charge in [-0.15, -0.1) is 0 Å². The summed E-state index contributed by atoms with van der Waals surface area (Å²) >= 11 is 3.57. The van der Waals surface area contributed by atoms with Crippen LogP contribution in [0.3, 0.4) is 0 Å². The van der Waals surface area contributed by atoms with Gasteiger partial charge in [0.2, 0.25) is 0 Å². The molecule has 234 valence electrons. The van der Waals surface area contributed by atoms with Crippen LogP contribution in [0.15, 0.2) is 77.4 Å². The standard InChI is InChI=1S/C37H36BrN5O3/c1-2-46-37(45)43-24-32(30-20-28(38)13-15-35(30)43)34-21-31(36(44)40-23-27-10-8-26(22-39)9-11-27)29-19-25(12-14-33(29)41-34)7-6-18-42-16-4-3-5-17-42/h8-15,19-21,24H,2-5,16-18,22-23,39H2,1H3,(H,40,44). The minimum atomic E-state index is -0.478. The largest absolute Gasteiger partial charge is 0.449 e. The van der Waals surface area contributed by atoms with Crippen LogP contribution in [0.5, 0.6) is 0 Å². The van der Waals surface area contributed by atoms with Gasteiger partial charge in [-0.2, -0.15) is 0 Å².